The van der Waals surface area contributed by atoms with Crippen LogP contribution in [0, 0.1) is 12.8 Å². The Bertz CT molecular complexity index is 933. The second kappa shape index (κ2) is 9.77. The Morgan fingerprint density at radius 2 is 1.70 bits per heavy atom. The first-order valence-corrected chi connectivity index (χ1v) is 10.8. The molecule has 4 heteroatoms. The maximum Gasteiger partial charge on any atom is 0.221 e. The third-order valence-corrected chi connectivity index (χ3v) is 5.91. The number of ether oxygens (including phenoxy) is 1. The highest BCUT2D eigenvalue weighted by Gasteiger charge is 2.19. The summed E-state index contributed by atoms with van der Waals surface area (Å²) in [5.74, 6) is 1.34. The summed E-state index contributed by atoms with van der Waals surface area (Å²) in [5.41, 5.74) is 5.47. The Morgan fingerprint density at radius 3 is 2.40 bits per heavy atom. The fourth-order valence-electron chi connectivity index (χ4n) is 4.10. The molecule has 0 amide bonds. The number of nitrogens with zero attached hydrogens (tertiary/aromatic N) is 2. The van der Waals surface area contributed by atoms with E-state index >= 15 is 0 Å². The summed E-state index contributed by atoms with van der Waals surface area (Å²) in [6.07, 6.45) is 3.24. The molecule has 156 valence electrons. The molecule has 0 unspecified atom stereocenters. The van der Waals surface area contributed by atoms with Gasteiger partial charge in [0.15, 0.2) is 0 Å². The summed E-state index contributed by atoms with van der Waals surface area (Å²) in [5, 5.41) is 9.15. The summed E-state index contributed by atoms with van der Waals surface area (Å²) in [4.78, 5) is 7.09. The number of pyridine rings is 1. The van der Waals surface area contributed by atoms with Crippen molar-refractivity contribution < 1.29 is 9.84 Å². The molecule has 2 heterocycles. The summed E-state index contributed by atoms with van der Waals surface area (Å²) in [7, 11) is 0. The monoisotopic (exact) mass is 402 g/mol. The van der Waals surface area contributed by atoms with E-state index in [0.29, 0.717) is 25.0 Å². The van der Waals surface area contributed by atoms with Gasteiger partial charge in [0.25, 0.3) is 0 Å². The molecule has 2 aromatic carbocycles. The van der Waals surface area contributed by atoms with Crippen molar-refractivity contribution in [3.63, 3.8) is 0 Å². The largest absolute Gasteiger partial charge is 0.472 e. The summed E-state index contributed by atoms with van der Waals surface area (Å²) < 4.78 is 6.10. The van der Waals surface area contributed by atoms with Gasteiger partial charge in [0, 0.05) is 36.6 Å². The number of hydrogen-bond acceptors (Lipinski definition) is 4. The van der Waals surface area contributed by atoms with Gasteiger partial charge in [-0.05, 0) is 67.5 Å². The number of aryl methyl sites for hydroxylation is 1. The SMILES string of the molecule is Cc1ccc(-c2ccc(N3CCC(CCO)CC3)cc2)c(OCc2ccccc2)n1. The number of anilines is 1. The van der Waals surface area contributed by atoms with Crippen LogP contribution in [0.2, 0.25) is 0 Å². The van der Waals surface area contributed by atoms with E-state index in [-0.39, 0.29) is 0 Å². The molecule has 4 nitrogen and oxygen atoms in total. The zero-order chi connectivity index (χ0) is 20.8. The van der Waals surface area contributed by atoms with Crippen LogP contribution in [0.4, 0.5) is 5.69 Å². The van der Waals surface area contributed by atoms with E-state index in [9.17, 15) is 0 Å². The Hall–Kier alpha value is -2.85. The van der Waals surface area contributed by atoms with Gasteiger partial charge in [-0.25, -0.2) is 4.98 Å². The van der Waals surface area contributed by atoms with Crippen LogP contribution in [0.1, 0.15) is 30.5 Å². The van der Waals surface area contributed by atoms with Gasteiger partial charge in [-0.3, -0.25) is 0 Å². The van der Waals surface area contributed by atoms with Gasteiger partial charge in [0.1, 0.15) is 6.61 Å². The molecule has 0 spiro atoms. The predicted octanol–water partition coefficient (Wildman–Crippen LogP) is 5.23. The summed E-state index contributed by atoms with van der Waals surface area (Å²) in [6, 6.07) is 23.0. The minimum Gasteiger partial charge on any atom is -0.472 e. The fourth-order valence-corrected chi connectivity index (χ4v) is 4.10. The normalized spacial score (nSPS) is 14.7. The average Bonchev–Trinajstić information content (AvgIpc) is 2.79. The Kier molecular flexibility index (Phi) is 6.65. The van der Waals surface area contributed by atoms with Gasteiger partial charge in [-0.15, -0.1) is 0 Å². The lowest BCUT2D eigenvalue weighted by Crippen LogP contribution is -2.33. The average molecular weight is 403 g/mol. The van der Waals surface area contributed by atoms with E-state index in [1.807, 2.05) is 31.2 Å². The highest BCUT2D eigenvalue weighted by atomic mass is 16.5. The molecule has 0 radical (unpaired) electrons. The molecular weight excluding hydrogens is 372 g/mol. The molecule has 0 bridgehead atoms. The third kappa shape index (κ3) is 5.00. The number of rotatable bonds is 7. The lowest BCUT2D eigenvalue weighted by molar-refractivity contribution is 0.240. The van der Waals surface area contributed by atoms with Crippen LogP contribution in [0.5, 0.6) is 5.88 Å². The second-order valence-corrected chi connectivity index (χ2v) is 8.07. The van der Waals surface area contributed by atoms with Crippen LogP contribution in [0.25, 0.3) is 11.1 Å². The topological polar surface area (TPSA) is 45.6 Å². The molecule has 1 aliphatic heterocycles. The van der Waals surface area contributed by atoms with Crippen molar-refractivity contribution in [3.05, 3.63) is 78.0 Å². The van der Waals surface area contributed by atoms with Crippen LogP contribution in [0.3, 0.4) is 0 Å². The standard InChI is InChI=1S/C26H30N2O2/c1-20-7-12-25(26(27-20)30-19-22-5-3-2-4-6-22)23-8-10-24(11-9-23)28-16-13-21(14-17-28)15-18-29/h2-12,21,29H,13-19H2,1H3. The molecule has 0 saturated carbocycles. The predicted molar refractivity (Wildman–Crippen MR) is 122 cm³/mol. The molecule has 0 aliphatic carbocycles. The van der Waals surface area contributed by atoms with Crippen LogP contribution >= 0.6 is 0 Å². The highest BCUT2D eigenvalue weighted by molar-refractivity contribution is 5.70. The van der Waals surface area contributed by atoms with Crippen molar-refractivity contribution >= 4 is 5.69 Å². The van der Waals surface area contributed by atoms with Gasteiger partial charge < -0.3 is 14.7 Å². The van der Waals surface area contributed by atoms with Crippen molar-refractivity contribution in [1.82, 2.24) is 4.98 Å². The lowest BCUT2D eigenvalue weighted by atomic mass is 9.93. The summed E-state index contributed by atoms with van der Waals surface area (Å²) in [6.45, 7) is 4.91. The van der Waals surface area contributed by atoms with E-state index in [1.165, 1.54) is 5.69 Å². The molecule has 1 aromatic heterocycles. The molecule has 1 N–H and O–H groups in total. The highest BCUT2D eigenvalue weighted by Crippen LogP contribution is 2.32. The molecule has 3 aromatic rings. The van der Waals surface area contributed by atoms with Crippen LogP contribution < -0.4 is 9.64 Å². The second-order valence-electron chi connectivity index (χ2n) is 8.07. The van der Waals surface area contributed by atoms with Crippen molar-refractivity contribution in [3.8, 4) is 17.0 Å². The van der Waals surface area contributed by atoms with Crippen molar-refractivity contribution in [2.45, 2.75) is 32.8 Å². The number of benzene rings is 2. The smallest absolute Gasteiger partial charge is 0.221 e. The Labute approximate surface area is 179 Å². The van der Waals surface area contributed by atoms with E-state index in [0.717, 1.165) is 54.7 Å². The van der Waals surface area contributed by atoms with Gasteiger partial charge in [0.2, 0.25) is 5.88 Å². The fraction of sp³-hybridized carbons (Fsp3) is 0.346. The van der Waals surface area contributed by atoms with E-state index in [1.54, 1.807) is 0 Å². The molecule has 1 saturated heterocycles. The molecule has 1 aliphatic rings. The number of aromatic nitrogens is 1. The molecular formula is C26H30N2O2. The maximum absolute atomic E-state index is 9.15. The van der Waals surface area contributed by atoms with Gasteiger partial charge in [-0.2, -0.15) is 0 Å². The third-order valence-electron chi connectivity index (χ3n) is 5.91. The quantitative estimate of drug-likeness (QED) is 0.587. The van der Waals surface area contributed by atoms with Crippen LogP contribution in [0.15, 0.2) is 66.7 Å². The zero-order valence-electron chi connectivity index (χ0n) is 17.6. The van der Waals surface area contributed by atoms with Crippen LogP contribution in [-0.4, -0.2) is 29.8 Å². The maximum atomic E-state index is 9.15. The van der Waals surface area contributed by atoms with Crippen molar-refractivity contribution in [2.75, 3.05) is 24.6 Å². The Morgan fingerprint density at radius 1 is 0.967 bits per heavy atom. The van der Waals surface area contributed by atoms with Gasteiger partial charge in [0.05, 0.1) is 0 Å². The number of hydrogen-bond donors (Lipinski definition) is 1. The molecule has 4 rings (SSSR count). The van der Waals surface area contributed by atoms with E-state index < -0.39 is 0 Å². The van der Waals surface area contributed by atoms with Crippen molar-refractivity contribution in [1.29, 1.82) is 0 Å². The molecule has 0 atom stereocenters. The number of piperidine rings is 1. The minimum absolute atomic E-state index is 0.304. The first-order chi connectivity index (χ1) is 14.7. The minimum atomic E-state index is 0.304. The number of aliphatic hydroxyl groups excluding tert-OH is 1. The first kappa shape index (κ1) is 20.4. The van der Waals surface area contributed by atoms with Crippen molar-refractivity contribution in [2.24, 2.45) is 5.92 Å². The Balaban J connectivity index is 1.47. The number of aliphatic hydroxyl groups is 1. The zero-order valence-corrected chi connectivity index (χ0v) is 17.6. The van der Waals surface area contributed by atoms with Gasteiger partial charge in [-0.1, -0.05) is 42.5 Å². The molecule has 1 fully saturated rings. The van der Waals surface area contributed by atoms with Gasteiger partial charge >= 0.3 is 0 Å². The first-order valence-electron chi connectivity index (χ1n) is 10.8. The summed E-state index contributed by atoms with van der Waals surface area (Å²) >= 11 is 0. The van der Waals surface area contributed by atoms with E-state index in [4.69, 9.17) is 9.84 Å². The lowest BCUT2D eigenvalue weighted by Gasteiger charge is -2.33. The van der Waals surface area contributed by atoms with E-state index in [2.05, 4.69) is 52.3 Å². The molecule has 30 heavy (non-hydrogen) atoms. The van der Waals surface area contributed by atoms with Crippen LogP contribution in [-0.2, 0) is 6.61 Å².